The van der Waals surface area contributed by atoms with Crippen LogP contribution in [0.5, 0.6) is 0 Å². The summed E-state index contributed by atoms with van der Waals surface area (Å²) in [5.74, 6) is 0. The molecule has 0 aliphatic heterocycles. The molecule has 2 nitrogen and oxygen atoms in total. The summed E-state index contributed by atoms with van der Waals surface area (Å²) in [4.78, 5) is 0. The van der Waals surface area contributed by atoms with E-state index in [2.05, 4.69) is 6.07 Å². The Labute approximate surface area is 60.3 Å². The van der Waals surface area contributed by atoms with Gasteiger partial charge in [0.05, 0.1) is 6.61 Å². The van der Waals surface area contributed by atoms with E-state index in [4.69, 9.17) is 10.8 Å². The van der Waals surface area contributed by atoms with Crippen LogP contribution >= 0.6 is 0 Å². The molecule has 53 valence electrons. The van der Waals surface area contributed by atoms with Gasteiger partial charge in [0.2, 0.25) is 0 Å². The van der Waals surface area contributed by atoms with Gasteiger partial charge in [-0.2, -0.15) is 0 Å². The van der Waals surface area contributed by atoms with Gasteiger partial charge < -0.3 is 10.8 Å². The first-order valence-electron chi connectivity index (χ1n) is 3.17. The fourth-order valence-corrected chi connectivity index (χ4v) is 0.786. The molecule has 0 fully saturated rings. The minimum absolute atomic E-state index is 0.0711. The average molecular weight is 136 g/mol. The van der Waals surface area contributed by atoms with E-state index >= 15 is 0 Å². The van der Waals surface area contributed by atoms with Crippen molar-refractivity contribution in [3.8, 4) is 0 Å². The number of aliphatic hydroxyl groups excluding tert-OH is 1. The van der Waals surface area contributed by atoms with Gasteiger partial charge in [-0.1, -0.05) is 18.2 Å². The zero-order valence-electron chi connectivity index (χ0n) is 5.67. The lowest BCUT2D eigenvalue weighted by Gasteiger charge is -1.97. The number of hydrogen-bond acceptors (Lipinski definition) is 2. The highest BCUT2D eigenvalue weighted by Gasteiger charge is 1.91. The number of nitrogens with two attached hydrogens (primary N) is 1. The van der Waals surface area contributed by atoms with Crippen LogP contribution in [0, 0.1) is 6.07 Å². The van der Waals surface area contributed by atoms with Crippen LogP contribution in [-0.4, -0.2) is 5.11 Å². The zero-order chi connectivity index (χ0) is 7.40. The van der Waals surface area contributed by atoms with E-state index in [0.29, 0.717) is 6.54 Å². The van der Waals surface area contributed by atoms with Crippen LogP contribution in [0.15, 0.2) is 18.2 Å². The summed E-state index contributed by atoms with van der Waals surface area (Å²) in [6.07, 6.45) is 0. The van der Waals surface area contributed by atoms with E-state index in [1.54, 1.807) is 6.07 Å². The second-order valence-corrected chi connectivity index (χ2v) is 2.08. The maximum Gasteiger partial charge on any atom is 0.0681 e. The molecule has 1 rings (SSSR count). The van der Waals surface area contributed by atoms with Gasteiger partial charge in [0.1, 0.15) is 0 Å². The molecule has 0 amide bonds. The summed E-state index contributed by atoms with van der Waals surface area (Å²) in [6.45, 7) is 0.551. The minimum Gasteiger partial charge on any atom is -0.392 e. The summed E-state index contributed by atoms with van der Waals surface area (Å²) in [6, 6.07) is 8.39. The Bertz CT molecular complexity index is 191. The van der Waals surface area contributed by atoms with Gasteiger partial charge in [0, 0.05) is 6.54 Å². The Kier molecular flexibility index (Phi) is 2.42. The maximum atomic E-state index is 8.70. The summed E-state index contributed by atoms with van der Waals surface area (Å²) >= 11 is 0. The standard InChI is InChI=1S/C8H10NO/c9-5-7-2-1-3-8(4-7)6-10/h1,3-4,10H,5-6,9H2. The Morgan fingerprint density at radius 2 is 2.40 bits per heavy atom. The summed E-state index contributed by atoms with van der Waals surface area (Å²) in [7, 11) is 0. The lowest BCUT2D eigenvalue weighted by molar-refractivity contribution is 0.281. The van der Waals surface area contributed by atoms with Gasteiger partial charge in [-0.3, -0.25) is 0 Å². The van der Waals surface area contributed by atoms with Crippen molar-refractivity contribution < 1.29 is 5.11 Å². The molecule has 0 bridgehead atoms. The predicted molar refractivity (Wildman–Crippen MR) is 39.1 cm³/mol. The van der Waals surface area contributed by atoms with E-state index in [1.807, 2.05) is 12.1 Å². The summed E-state index contributed by atoms with van der Waals surface area (Å²) in [5.41, 5.74) is 7.19. The first kappa shape index (κ1) is 7.25. The quantitative estimate of drug-likeness (QED) is 0.619. The van der Waals surface area contributed by atoms with Crippen LogP contribution in [0.1, 0.15) is 11.1 Å². The third kappa shape index (κ3) is 1.56. The molecule has 1 aromatic carbocycles. The number of benzene rings is 1. The van der Waals surface area contributed by atoms with Crippen molar-refractivity contribution in [3.63, 3.8) is 0 Å². The molecule has 0 spiro atoms. The third-order valence-electron chi connectivity index (χ3n) is 1.33. The fraction of sp³-hybridized carbons (Fsp3) is 0.250. The molecular formula is C8H10NO. The number of rotatable bonds is 2. The second kappa shape index (κ2) is 3.34. The molecular weight excluding hydrogens is 126 g/mol. The van der Waals surface area contributed by atoms with E-state index in [0.717, 1.165) is 11.1 Å². The monoisotopic (exact) mass is 136 g/mol. The van der Waals surface area contributed by atoms with Gasteiger partial charge in [-0.25, -0.2) is 0 Å². The van der Waals surface area contributed by atoms with E-state index in [-0.39, 0.29) is 6.61 Å². The van der Waals surface area contributed by atoms with Gasteiger partial charge in [0.25, 0.3) is 0 Å². The highest BCUT2D eigenvalue weighted by molar-refractivity contribution is 5.21. The smallest absolute Gasteiger partial charge is 0.0681 e. The Balaban J connectivity index is 2.87. The molecule has 0 aromatic heterocycles. The summed E-state index contributed by atoms with van der Waals surface area (Å²) < 4.78 is 0. The number of aliphatic hydroxyl groups is 1. The van der Waals surface area contributed by atoms with Crippen molar-refractivity contribution in [3.05, 3.63) is 35.4 Å². The normalized spacial score (nSPS) is 9.80. The highest BCUT2D eigenvalue weighted by atomic mass is 16.3. The van der Waals surface area contributed by atoms with Crippen molar-refractivity contribution >= 4 is 0 Å². The SMILES string of the molecule is NCc1[c]ccc(CO)c1. The first-order valence-corrected chi connectivity index (χ1v) is 3.17. The van der Waals surface area contributed by atoms with E-state index < -0.39 is 0 Å². The van der Waals surface area contributed by atoms with Crippen LogP contribution in [0.4, 0.5) is 0 Å². The van der Waals surface area contributed by atoms with Crippen LogP contribution in [0.3, 0.4) is 0 Å². The fourth-order valence-electron chi connectivity index (χ4n) is 0.786. The largest absolute Gasteiger partial charge is 0.392 e. The molecule has 0 atom stereocenters. The van der Waals surface area contributed by atoms with Crippen molar-refractivity contribution in [1.82, 2.24) is 0 Å². The molecule has 3 N–H and O–H groups in total. The van der Waals surface area contributed by atoms with Crippen LogP contribution in [-0.2, 0) is 13.2 Å². The Morgan fingerprint density at radius 3 is 3.00 bits per heavy atom. The van der Waals surface area contributed by atoms with E-state index in [1.165, 1.54) is 0 Å². The molecule has 0 heterocycles. The maximum absolute atomic E-state index is 8.70. The van der Waals surface area contributed by atoms with Crippen molar-refractivity contribution in [1.29, 1.82) is 0 Å². The van der Waals surface area contributed by atoms with Crippen molar-refractivity contribution in [2.24, 2.45) is 5.73 Å². The molecule has 0 saturated carbocycles. The second-order valence-electron chi connectivity index (χ2n) is 2.08. The zero-order valence-corrected chi connectivity index (χ0v) is 5.67. The van der Waals surface area contributed by atoms with Crippen LogP contribution < -0.4 is 5.73 Å². The average Bonchev–Trinajstić information content (AvgIpc) is 2.05. The summed E-state index contributed by atoms with van der Waals surface area (Å²) in [5, 5.41) is 8.70. The Morgan fingerprint density at radius 1 is 1.60 bits per heavy atom. The lowest BCUT2D eigenvalue weighted by atomic mass is 10.1. The van der Waals surface area contributed by atoms with Crippen molar-refractivity contribution in [2.75, 3.05) is 0 Å². The molecule has 0 aliphatic carbocycles. The third-order valence-corrected chi connectivity index (χ3v) is 1.33. The Hall–Kier alpha value is -0.860. The van der Waals surface area contributed by atoms with Gasteiger partial charge in [-0.05, 0) is 17.2 Å². The molecule has 10 heavy (non-hydrogen) atoms. The molecule has 1 aromatic rings. The minimum atomic E-state index is 0.0711. The van der Waals surface area contributed by atoms with Gasteiger partial charge in [-0.15, -0.1) is 0 Å². The van der Waals surface area contributed by atoms with Gasteiger partial charge >= 0.3 is 0 Å². The van der Waals surface area contributed by atoms with Crippen LogP contribution in [0.25, 0.3) is 0 Å². The predicted octanol–water partition coefficient (Wildman–Crippen LogP) is 0.438. The molecule has 1 radical (unpaired) electrons. The molecule has 0 aliphatic rings. The highest BCUT2D eigenvalue weighted by Crippen LogP contribution is 2.02. The lowest BCUT2D eigenvalue weighted by Crippen LogP contribution is -1.97. The molecule has 0 saturated heterocycles. The first-order chi connectivity index (χ1) is 4.86. The van der Waals surface area contributed by atoms with E-state index in [9.17, 15) is 0 Å². The topological polar surface area (TPSA) is 46.2 Å². The number of hydrogen-bond donors (Lipinski definition) is 2. The molecule has 0 unspecified atom stereocenters. The van der Waals surface area contributed by atoms with Gasteiger partial charge in [0.15, 0.2) is 0 Å². The van der Waals surface area contributed by atoms with Crippen LogP contribution in [0.2, 0.25) is 0 Å². The molecule has 2 heteroatoms. The van der Waals surface area contributed by atoms with Crippen molar-refractivity contribution in [2.45, 2.75) is 13.2 Å².